The first kappa shape index (κ1) is 13.7. The zero-order valence-corrected chi connectivity index (χ0v) is 10.8. The Balaban J connectivity index is 2.68. The van der Waals surface area contributed by atoms with Crippen LogP contribution in [0.3, 0.4) is 0 Å². The molecule has 17 heavy (non-hydrogen) atoms. The van der Waals surface area contributed by atoms with E-state index in [1.807, 2.05) is 44.2 Å². The van der Waals surface area contributed by atoms with Crippen LogP contribution in [0.5, 0.6) is 0 Å². The van der Waals surface area contributed by atoms with E-state index in [9.17, 15) is 4.79 Å². The second kappa shape index (κ2) is 6.40. The van der Waals surface area contributed by atoms with Gasteiger partial charge in [0.25, 0.3) is 0 Å². The molecule has 0 aliphatic heterocycles. The number of nitrogens with one attached hydrogen (secondary N) is 1. The highest BCUT2D eigenvalue weighted by molar-refractivity contribution is 5.82. The third-order valence-corrected chi connectivity index (χ3v) is 2.95. The largest absolute Gasteiger partial charge is 0.348 e. The summed E-state index contributed by atoms with van der Waals surface area (Å²) in [6.07, 6.45) is 0.862. The summed E-state index contributed by atoms with van der Waals surface area (Å²) in [5.74, 6) is 0.0824. The minimum Gasteiger partial charge on any atom is -0.348 e. The molecule has 1 amide bonds. The average Bonchev–Trinajstić information content (AvgIpc) is 2.35. The van der Waals surface area contributed by atoms with Gasteiger partial charge in [-0.15, -0.1) is 0 Å². The monoisotopic (exact) mass is 234 g/mol. The van der Waals surface area contributed by atoms with Crippen LogP contribution in [0.2, 0.25) is 0 Å². The van der Waals surface area contributed by atoms with Crippen LogP contribution in [0.1, 0.15) is 38.8 Å². The average molecular weight is 234 g/mol. The van der Waals surface area contributed by atoms with Gasteiger partial charge < -0.3 is 11.1 Å². The fraction of sp³-hybridized carbons (Fsp3) is 0.500. The minimum absolute atomic E-state index is 0.0495. The summed E-state index contributed by atoms with van der Waals surface area (Å²) in [6.45, 7) is 5.96. The lowest BCUT2D eigenvalue weighted by Crippen LogP contribution is -2.45. The fourth-order valence-electron chi connectivity index (χ4n) is 1.68. The molecule has 0 fully saturated rings. The highest BCUT2D eigenvalue weighted by atomic mass is 16.2. The van der Waals surface area contributed by atoms with Gasteiger partial charge in [0.05, 0.1) is 12.1 Å². The number of nitrogens with two attached hydrogens (primary N) is 1. The van der Waals surface area contributed by atoms with E-state index in [2.05, 4.69) is 12.2 Å². The van der Waals surface area contributed by atoms with Gasteiger partial charge in [0.15, 0.2) is 0 Å². The Labute approximate surface area is 103 Å². The van der Waals surface area contributed by atoms with Crippen molar-refractivity contribution in [1.29, 1.82) is 0 Å². The smallest absolute Gasteiger partial charge is 0.237 e. The van der Waals surface area contributed by atoms with E-state index in [4.69, 9.17) is 5.73 Å². The van der Waals surface area contributed by atoms with Crippen LogP contribution < -0.4 is 11.1 Å². The van der Waals surface area contributed by atoms with Gasteiger partial charge in [0.1, 0.15) is 0 Å². The Hall–Kier alpha value is -1.35. The maximum atomic E-state index is 11.9. The molecule has 1 aromatic carbocycles. The second-order valence-electron chi connectivity index (χ2n) is 4.65. The molecular weight excluding hydrogens is 212 g/mol. The number of carbonyl (C=O) groups excluding carboxylic acids is 1. The molecule has 2 atom stereocenters. The molecular formula is C14H22N2O. The van der Waals surface area contributed by atoms with Gasteiger partial charge >= 0.3 is 0 Å². The molecule has 3 heteroatoms. The molecule has 0 saturated heterocycles. The molecule has 0 unspecified atom stereocenters. The van der Waals surface area contributed by atoms with Crippen molar-refractivity contribution in [2.45, 2.75) is 39.3 Å². The van der Waals surface area contributed by atoms with E-state index in [1.165, 1.54) is 0 Å². The van der Waals surface area contributed by atoms with Gasteiger partial charge in [0.2, 0.25) is 5.91 Å². The molecule has 0 aliphatic carbocycles. The molecule has 0 saturated carbocycles. The number of hydrogen-bond acceptors (Lipinski definition) is 2. The Kier molecular flexibility index (Phi) is 5.16. The van der Waals surface area contributed by atoms with Gasteiger partial charge in [-0.1, -0.05) is 51.1 Å². The lowest BCUT2D eigenvalue weighted by molar-refractivity contribution is -0.124. The van der Waals surface area contributed by atoms with Gasteiger partial charge in [-0.2, -0.15) is 0 Å². The molecule has 94 valence electrons. The Morgan fingerprint density at radius 2 is 1.88 bits per heavy atom. The van der Waals surface area contributed by atoms with Crippen molar-refractivity contribution in [2.24, 2.45) is 11.7 Å². The van der Waals surface area contributed by atoms with E-state index in [1.54, 1.807) is 0 Å². The number of amides is 1. The van der Waals surface area contributed by atoms with Crippen molar-refractivity contribution < 1.29 is 4.79 Å². The number of benzene rings is 1. The van der Waals surface area contributed by atoms with Crippen molar-refractivity contribution in [3.05, 3.63) is 35.9 Å². The molecule has 0 radical (unpaired) electrons. The van der Waals surface area contributed by atoms with Crippen molar-refractivity contribution >= 4 is 5.91 Å². The van der Waals surface area contributed by atoms with Crippen molar-refractivity contribution in [1.82, 2.24) is 5.32 Å². The van der Waals surface area contributed by atoms with E-state index < -0.39 is 6.04 Å². The molecule has 0 aliphatic rings. The van der Waals surface area contributed by atoms with E-state index in [0.29, 0.717) is 0 Å². The van der Waals surface area contributed by atoms with Crippen LogP contribution in [-0.2, 0) is 4.79 Å². The number of rotatable bonds is 5. The maximum Gasteiger partial charge on any atom is 0.237 e. The summed E-state index contributed by atoms with van der Waals surface area (Å²) >= 11 is 0. The second-order valence-corrected chi connectivity index (χ2v) is 4.65. The van der Waals surface area contributed by atoms with Crippen molar-refractivity contribution in [2.75, 3.05) is 0 Å². The lowest BCUT2D eigenvalue weighted by Gasteiger charge is -2.21. The summed E-state index contributed by atoms with van der Waals surface area (Å²) < 4.78 is 0. The molecule has 0 bridgehead atoms. The zero-order valence-electron chi connectivity index (χ0n) is 10.8. The molecule has 3 N–H and O–H groups in total. The predicted octanol–water partition coefficient (Wildman–Crippen LogP) is 2.24. The highest BCUT2D eigenvalue weighted by Crippen LogP contribution is 2.16. The van der Waals surface area contributed by atoms with Crippen LogP contribution >= 0.6 is 0 Å². The Morgan fingerprint density at radius 3 is 2.35 bits per heavy atom. The van der Waals surface area contributed by atoms with Gasteiger partial charge in [-0.25, -0.2) is 0 Å². The SMILES string of the molecule is CC[C@@H](NC(=O)[C@@H](N)C(C)C)c1ccccc1. The van der Waals surface area contributed by atoms with Gasteiger partial charge in [-0.05, 0) is 17.9 Å². The minimum atomic E-state index is -0.437. The van der Waals surface area contributed by atoms with Crippen LogP contribution in [-0.4, -0.2) is 11.9 Å². The van der Waals surface area contributed by atoms with Crippen molar-refractivity contribution in [3.8, 4) is 0 Å². The first-order valence-corrected chi connectivity index (χ1v) is 6.17. The van der Waals surface area contributed by atoms with E-state index in [0.717, 1.165) is 12.0 Å². The Bertz CT molecular complexity index is 348. The van der Waals surface area contributed by atoms with Crippen LogP contribution in [0.15, 0.2) is 30.3 Å². The molecule has 1 rings (SSSR count). The quantitative estimate of drug-likeness (QED) is 0.821. The van der Waals surface area contributed by atoms with Crippen LogP contribution in [0.25, 0.3) is 0 Å². The summed E-state index contributed by atoms with van der Waals surface area (Å²) in [5, 5.41) is 3.00. The van der Waals surface area contributed by atoms with Crippen LogP contribution in [0, 0.1) is 5.92 Å². The molecule has 0 aromatic heterocycles. The molecule has 0 spiro atoms. The normalized spacial score (nSPS) is 14.4. The highest BCUT2D eigenvalue weighted by Gasteiger charge is 2.20. The summed E-state index contributed by atoms with van der Waals surface area (Å²) in [4.78, 5) is 11.9. The van der Waals surface area contributed by atoms with Crippen molar-refractivity contribution in [3.63, 3.8) is 0 Å². The van der Waals surface area contributed by atoms with E-state index >= 15 is 0 Å². The summed E-state index contributed by atoms with van der Waals surface area (Å²) in [6, 6.07) is 9.59. The first-order chi connectivity index (χ1) is 8.06. The molecule has 1 aromatic rings. The standard InChI is InChI=1S/C14H22N2O/c1-4-12(11-8-6-5-7-9-11)16-14(17)13(15)10(2)3/h5-10,12-13H,4,15H2,1-3H3,(H,16,17)/t12-,13+/m1/s1. The van der Waals surface area contributed by atoms with Gasteiger partial charge in [-0.3, -0.25) is 4.79 Å². The third-order valence-electron chi connectivity index (χ3n) is 2.95. The Morgan fingerprint density at radius 1 is 1.29 bits per heavy atom. The lowest BCUT2D eigenvalue weighted by atomic mass is 10.0. The zero-order chi connectivity index (χ0) is 12.8. The number of carbonyl (C=O) groups is 1. The van der Waals surface area contributed by atoms with Gasteiger partial charge in [0, 0.05) is 0 Å². The summed E-state index contributed by atoms with van der Waals surface area (Å²) in [7, 11) is 0. The van der Waals surface area contributed by atoms with Crippen LogP contribution in [0.4, 0.5) is 0 Å². The maximum absolute atomic E-state index is 11.9. The topological polar surface area (TPSA) is 55.1 Å². The molecule has 3 nitrogen and oxygen atoms in total. The third kappa shape index (κ3) is 3.86. The van der Waals surface area contributed by atoms with E-state index in [-0.39, 0.29) is 17.9 Å². The molecule has 0 heterocycles. The predicted molar refractivity (Wildman–Crippen MR) is 70.4 cm³/mol. The first-order valence-electron chi connectivity index (χ1n) is 6.17. The summed E-state index contributed by atoms with van der Waals surface area (Å²) in [5.41, 5.74) is 6.95. The number of hydrogen-bond donors (Lipinski definition) is 2. The fourth-order valence-corrected chi connectivity index (χ4v) is 1.68.